The normalized spacial score (nSPS) is 17.4. The standard InChI is InChI=1S/C16H23BrN2O2/c1-21-12-16(7-10-18-11-8-16)15(20)19-9-6-13-2-4-14(17)5-3-13/h2-5,18H,6-12H2,1H3,(H,19,20). The Bertz CT molecular complexity index is 450. The Morgan fingerprint density at radius 1 is 1.33 bits per heavy atom. The van der Waals surface area contributed by atoms with Gasteiger partial charge in [0.1, 0.15) is 0 Å². The highest BCUT2D eigenvalue weighted by molar-refractivity contribution is 9.10. The Labute approximate surface area is 134 Å². The Morgan fingerprint density at radius 3 is 2.62 bits per heavy atom. The number of hydrogen-bond donors (Lipinski definition) is 2. The van der Waals surface area contributed by atoms with Crippen molar-refractivity contribution < 1.29 is 9.53 Å². The van der Waals surface area contributed by atoms with Gasteiger partial charge in [-0.1, -0.05) is 28.1 Å². The minimum absolute atomic E-state index is 0.128. The van der Waals surface area contributed by atoms with Gasteiger partial charge in [-0.3, -0.25) is 4.79 Å². The summed E-state index contributed by atoms with van der Waals surface area (Å²) in [6, 6.07) is 8.20. The predicted molar refractivity (Wildman–Crippen MR) is 87.3 cm³/mol. The van der Waals surface area contributed by atoms with Gasteiger partial charge in [0.2, 0.25) is 5.91 Å². The lowest BCUT2D eigenvalue weighted by Crippen LogP contribution is -2.50. The topological polar surface area (TPSA) is 50.4 Å². The van der Waals surface area contributed by atoms with Crippen molar-refractivity contribution in [2.45, 2.75) is 19.3 Å². The summed E-state index contributed by atoms with van der Waals surface area (Å²) in [6.45, 7) is 2.92. The number of methoxy groups -OCH3 is 1. The molecule has 2 rings (SSSR count). The van der Waals surface area contributed by atoms with Gasteiger partial charge in [-0.25, -0.2) is 0 Å². The summed E-state index contributed by atoms with van der Waals surface area (Å²) in [5, 5.41) is 6.38. The molecule has 4 nitrogen and oxygen atoms in total. The molecule has 116 valence electrons. The van der Waals surface area contributed by atoms with Crippen molar-refractivity contribution in [2.75, 3.05) is 33.4 Å². The third-order valence-electron chi connectivity index (χ3n) is 4.08. The number of carbonyl (C=O) groups is 1. The second kappa shape index (κ2) is 7.92. The monoisotopic (exact) mass is 354 g/mol. The van der Waals surface area contributed by atoms with Gasteiger partial charge in [-0.2, -0.15) is 0 Å². The van der Waals surface area contributed by atoms with Crippen molar-refractivity contribution in [3.05, 3.63) is 34.3 Å². The van der Waals surface area contributed by atoms with Crippen molar-refractivity contribution in [2.24, 2.45) is 5.41 Å². The molecular formula is C16H23BrN2O2. The van der Waals surface area contributed by atoms with Gasteiger partial charge in [0.15, 0.2) is 0 Å². The molecule has 1 aromatic carbocycles. The molecule has 1 saturated heterocycles. The predicted octanol–water partition coefficient (Wildman–Crippen LogP) is 2.12. The number of carbonyl (C=O) groups excluding carboxylic acids is 1. The quantitative estimate of drug-likeness (QED) is 0.822. The maximum atomic E-state index is 12.5. The number of benzene rings is 1. The van der Waals surface area contributed by atoms with Gasteiger partial charge in [0, 0.05) is 18.1 Å². The number of nitrogens with one attached hydrogen (secondary N) is 2. The van der Waals surface area contributed by atoms with Gasteiger partial charge in [-0.15, -0.1) is 0 Å². The molecule has 2 N–H and O–H groups in total. The molecule has 0 saturated carbocycles. The van der Waals surface area contributed by atoms with Crippen LogP contribution < -0.4 is 10.6 Å². The van der Waals surface area contributed by atoms with Crippen LogP contribution in [0.2, 0.25) is 0 Å². The fraction of sp³-hybridized carbons (Fsp3) is 0.562. The van der Waals surface area contributed by atoms with E-state index >= 15 is 0 Å². The van der Waals surface area contributed by atoms with E-state index in [1.165, 1.54) is 5.56 Å². The highest BCUT2D eigenvalue weighted by Gasteiger charge is 2.39. The Kier molecular flexibility index (Phi) is 6.21. The molecule has 5 heteroatoms. The van der Waals surface area contributed by atoms with Gasteiger partial charge in [0.25, 0.3) is 0 Å². The molecule has 0 unspecified atom stereocenters. The number of amides is 1. The van der Waals surface area contributed by atoms with Crippen molar-refractivity contribution in [1.29, 1.82) is 0 Å². The molecule has 0 aromatic heterocycles. The molecular weight excluding hydrogens is 332 g/mol. The summed E-state index contributed by atoms with van der Waals surface area (Å²) in [6.07, 6.45) is 2.52. The maximum absolute atomic E-state index is 12.5. The summed E-state index contributed by atoms with van der Waals surface area (Å²) in [5.41, 5.74) is 0.865. The van der Waals surface area contributed by atoms with Crippen LogP contribution in [0.15, 0.2) is 28.7 Å². The van der Waals surface area contributed by atoms with E-state index in [1.807, 2.05) is 12.1 Å². The Balaban J connectivity index is 1.85. The Hall–Kier alpha value is -0.910. The largest absolute Gasteiger partial charge is 0.384 e. The summed E-state index contributed by atoms with van der Waals surface area (Å²) in [7, 11) is 1.67. The molecule has 1 aliphatic rings. The second-order valence-corrected chi connectivity index (χ2v) is 6.51. The van der Waals surface area contributed by atoms with E-state index in [9.17, 15) is 4.79 Å². The van der Waals surface area contributed by atoms with Crippen LogP contribution in [0.4, 0.5) is 0 Å². The van der Waals surface area contributed by atoms with Crippen LogP contribution in [0.25, 0.3) is 0 Å². The number of piperidine rings is 1. The number of halogens is 1. The number of ether oxygens (including phenoxy) is 1. The van der Waals surface area contributed by atoms with Gasteiger partial charge >= 0.3 is 0 Å². The highest BCUT2D eigenvalue weighted by atomic mass is 79.9. The van der Waals surface area contributed by atoms with Gasteiger partial charge < -0.3 is 15.4 Å². The third kappa shape index (κ3) is 4.53. The van der Waals surface area contributed by atoms with Crippen LogP contribution in [0.1, 0.15) is 18.4 Å². The molecule has 1 fully saturated rings. The first-order valence-electron chi connectivity index (χ1n) is 7.39. The van der Waals surface area contributed by atoms with Crippen molar-refractivity contribution >= 4 is 21.8 Å². The summed E-state index contributed by atoms with van der Waals surface area (Å²) in [4.78, 5) is 12.5. The van der Waals surface area contributed by atoms with E-state index in [4.69, 9.17) is 4.74 Å². The van der Waals surface area contributed by atoms with Crippen molar-refractivity contribution in [3.63, 3.8) is 0 Å². The molecule has 0 bridgehead atoms. The molecule has 1 aliphatic heterocycles. The summed E-state index contributed by atoms with van der Waals surface area (Å²) < 4.78 is 6.36. The highest BCUT2D eigenvalue weighted by Crippen LogP contribution is 2.29. The zero-order valence-electron chi connectivity index (χ0n) is 12.5. The molecule has 1 heterocycles. The smallest absolute Gasteiger partial charge is 0.228 e. The Morgan fingerprint density at radius 2 is 2.00 bits per heavy atom. The molecule has 1 aromatic rings. The first-order chi connectivity index (χ1) is 10.2. The van der Waals surface area contributed by atoms with E-state index < -0.39 is 0 Å². The first kappa shape index (κ1) is 16.5. The van der Waals surface area contributed by atoms with Crippen LogP contribution in [0.5, 0.6) is 0 Å². The van der Waals surface area contributed by atoms with Crippen LogP contribution in [0.3, 0.4) is 0 Å². The zero-order chi connectivity index (χ0) is 15.1. The van der Waals surface area contributed by atoms with E-state index in [2.05, 4.69) is 38.7 Å². The van der Waals surface area contributed by atoms with E-state index in [-0.39, 0.29) is 11.3 Å². The van der Waals surface area contributed by atoms with Gasteiger partial charge in [0.05, 0.1) is 12.0 Å². The minimum atomic E-state index is -0.361. The van der Waals surface area contributed by atoms with E-state index in [0.29, 0.717) is 13.2 Å². The SMILES string of the molecule is COCC1(C(=O)NCCc2ccc(Br)cc2)CCNCC1. The second-order valence-electron chi connectivity index (χ2n) is 5.60. The fourth-order valence-corrected chi connectivity index (χ4v) is 3.04. The molecule has 0 spiro atoms. The van der Waals surface area contributed by atoms with Crippen molar-refractivity contribution in [1.82, 2.24) is 10.6 Å². The van der Waals surface area contributed by atoms with Crippen LogP contribution >= 0.6 is 15.9 Å². The summed E-state index contributed by atoms with van der Waals surface area (Å²) in [5.74, 6) is 0.128. The van der Waals surface area contributed by atoms with Crippen molar-refractivity contribution in [3.8, 4) is 0 Å². The van der Waals surface area contributed by atoms with Crippen LogP contribution in [-0.4, -0.2) is 39.3 Å². The molecule has 0 aliphatic carbocycles. The van der Waals surface area contributed by atoms with Crippen LogP contribution in [-0.2, 0) is 16.0 Å². The molecule has 0 radical (unpaired) electrons. The summed E-state index contributed by atoms with van der Waals surface area (Å²) >= 11 is 3.42. The van der Waals surface area contributed by atoms with Crippen LogP contribution in [0, 0.1) is 5.41 Å². The molecule has 1 amide bonds. The average molecular weight is 355 g/mol. The molecule has 21 heavy (non-hydrogen) atoms. The van der Waals surface area contributed by atoms with Gasteiger partial charge in [-0.05, 0) is 50.0 Å². The zero-order valence-corrected chi connectivity index (χ0v) is 14.0. The maximum Gasteiger partial charge on any atom is 0.228 e. The molecule has 0 atom stereocenters. The van der Waals surface area contributed by atoms with E-state index in [0.717, 1.165) is 36.8 Å². The average Bonchev–Trinajstić information content (AvgIpc) is 2.50. The lowest BCUT2D eigenvalue weighted by molar-refractivity contribution is -0.136. The number of rotatable bonds is 6. The minimum Gasteiger partial charge on any atom is -0.384 e. The fourth-order valence-electron chi connectivity index (χ4n) is 2.78. The number of hydrogen-bond acceptors (Lipinski definition) is 3. The first-order valence-corrected chi connectivity index (χ1v) is 8.18. The lowest BCUT2D eigenvalue weighted by atomic mass is 9.78. The lowest BCUT2D eigenvalue weighted by Gasteiger charge is -2.35. The van der Waals surface area contributed by atoms with E-state index in [1.54, 1.807) is 7.11 Å². The third-order valence-corrected chi connectivity index (χ3v) is 4.60.